The second-order valence-corrected chi connectivity index (χ2v) is 3.98. The van der Waals surface area contributed by atoms with Crippen molar-refractivity contribution in [3.63, 3.8) is 0 Å². The lowest BCUT2D eigenvalue weighted by Gasteiger charge is -1.92. The molecule has 0 aliphatic heterocycles. The fraction of sp³-hybridized carbons (Fsp3) is 0.0769. The van der Waals surface area contributed by atoms with Crippen molar-refractivity contribution < 1.29 is 0 Å². The van der Waals surface area contributed by atoms with Gasteiger partial charge >= 0.3 is 0 Å². The van der Waals surface area contributed by atoms with E-state index in [-0.39, 0.29) is 5.43 Å². The lowest BCUT2D eigenvalue weighted by Crippen LogP contribution is -2.03. The number of benzene rings is 1. The number of pyridine rings is 1. The van der Waals surface area contributed by atoms with Crippen LogP contribution in [0.3, 0.4) is 0 Å². The monoisotopic (exact) mass is 225 g/mol. The van der Waals surface area contributed by atoms with Crippen LogP contribution in [0.4, 0.5) is 0 Å². The Morgan fingerprint density at radius 2 is 2.12 bits per heavy atom. The van der Waals surface area contributed by atoms with Crippen LogP contribution in [0.5, 0.6) is 0 Å². The highest BCUT2D eigenvalue weighted by molar-refractivity contribution is 5.81. The highest BCUT2D eigenvalue weighted by Gasteiger charge is 2.08. The fourth-order valence-electron chi connectivity index (χ4n) is 1.90. The molecule has 0 spiro atoms. The number of aromatic nitrogens is 3. The summed E-state index contributed by atoms with van der Waals surface area (Å²) in [6, 6.07) is 7.42. The highest BCUT2D eigenvalue weighted by Crippen LogP contribution is 2.19. The van der Waals surface area contributed by atoms with Gasteiger partial charge in [0.1, 0.15) is 5.82 Å². The van der Waals surface area contributed by atoms with Crippen LogP contribution >= 0.6 is 0 Å². The average Bonchev–Trinajstić information content (AvgIpc) is 2.75. The zero-order chi connectivity index (χ0) is 11.8. The van der Waals surface area contributed by atoms with Gasteiger partial charge in [-0.15, -0.1) is 0 Å². The van der Waals surface area contributed by atoms with E-state index in [1.165, 1.54) is 6.07 Å². The minimum Gasteiger partial charge on any atom is -0.367 e. The molecule has 0 amide bonds. The number of H-pyrrole nitrogens is 2. The van der Waals surface area contributed by atoms with Crippen LogP contribution in [0.25, 0.3) is 22.4 Å². The summed E-state index contributed by atoms with van der Waals surface area (Å²) in [6.45, 7) is 2.00. The summed E-state index contributed by atoms with van der Waals surface area (Å²) in [7, 11) is 0. The van der Waals surface area contributed by atoms with Crippen LogP contribution in [0.1, 0.15) is 5.56 Å². The Hall–Kier alpha value is -2.36. The second kappa shape index (κ2) is 3.59. The van der Waals surface area contributed by atoms with Crippen LogP contribution in [0.2, 0.25) is 0 Å². The van der Waals surface area contributed by atoms with Crippen molar-refractivity contribution in [2.45, 2.75) is 6.92 Å². The summed E-state index contributed by atoms with van der Waals surface area (Å²) in [5, 5.41) is 0. The molecule has 0 saturated heterocycles. The summed E-state index contributed by atoms with van der Waals surface area (Å²) in [5.74, 6) is 0.608. The first-order valence-electron chi connectivity index (χ1n) is 5.38. The predicted molar refractivity (Wildman–Crippen MR) is 66.9 cm³/mol. The number of imidazole rings is 1. The lowest BCUT2D eigenvalue weighted by molar-refractivity contribution is 1.25. The molecule has 2 heterocycles. The van der Waals surface area contributed by atoms with Gasteiger partial charge in [-0.25, -0.2) is 4.98 Å². The van der Waals surface area contributed by atoms with Crippen molar-refractivity contribution in [2.75, 3.05) is 0 Å². The molecule has 0 radical (unpaired) electrons. The van der Waals surface area contributed by atoms with E-state index in [1.807, 2.05) is 25.1 Å². The Balaban J connectivity index is 2.30. The van der Waals surface area contributed by atoms with E-state index in [2.05, 4.69) is 15.0 Å². The van der Waals surface area contributed by atoms with Crippen molar-refractivity contribution >= 4 is 11.0 Å². The minimum atomic E-state index is -0.0412. The Kier molecular flexibility index (Phi) is 2.08. The van der Waals surface area contributed by atoms with Gasteiger partial charge in [0, 0.05) is 18.5 Å². The van der Waals surface area contributed by atoms with Gasteiger partial charge in [0.2, 0.25) is 0 Å². The number of nitrogens with one attached hydrogen (secondary N) is 2. The molecule has 17 heavy (non-hydrogen) atoms. The van der Waals surface area contributed by atoms with E-state index in [9.17, 15) is 4.79 Å². The molecular formula is C13H11N3O. The SMILES string of the molecule is Cc1cccc2[nH]c(-c3c[nH]ccc3=O)nc12. The first-order chi connectivity index (χ1) is 8.25. The van der Waals surface area contributed by atoms with Crippen LogP contribution in [-0.4, -0.2) is 15.0 Å². The second-order valence-electron chi connectivity index (χ2n) is 3.98. The molecule has 0 unspecified atom stereocenters. The molecule has 0 atom stereocenters. The average molecular weight is 225 g/mol. The van der Waals surface area contributed by atoms with E-state index in [0.717, 1.165) is 16.6 Å². The van der Waals surface area contributed by atoms with Crippen LogP contribution in [0, 0.1) is 6.92 Å². The summed E-state index contributed by atoms with van der Waals surface area (Å²) >= 11 is 0. The Morgan fingerprint density at radius 1 is 1.24 bits per heavy atom. The maximum absolute atomic E-state index is 11.7. The maximum atomic E-state index is 11.7. The first kappa shape index (κ1) is 9.84. The Labute approximate surface area is 97.3 Å². The molecular weight excluding hydrogens is 214 g/mol. The highest BCUT2D eigenvalue weighted by atomic mass is 16.1. The van der Waals surface area contributed by atoms with Gasteiger partial charge in [-0.1, -0.05) is 12.1 Å². The molecule has 1 aromatic carbocycles. The molecule has 4 nitrogen and oxygen atoms in total. The molecule has 2 aromatic heterocycles. The van der Waals surface area contributed by atoms with Crippen LogP contribution in [0.15, 0.2) is 41.5 Å². The van der Waals surface area contributed by atoms with Crippen LogP contribution in [-0.2, 0) is 0 Å². The lowest BCUT2D eigenvalue weighted by atomic mass is 10.2. The Bertz CT molecular complexity index is 740. The number of aryl methyl sites for hydroxylation is 1. The van der Waals surface area contributed by atoms with Crippen molar-refractivity contribution in [3.8, 4) is 11.4 Å². The predicted octanol–water partition coefficient (Wildman–Crippen LogP) is 2.23. The molecule has 0 bridgehead atoms. The third kappa shape index (κ3) is 1.54. The first-order valence-corrected chi connectivity index (χ1v) is 5.38. The standard InChI is InChI=1S/C13H11N3O/c1-8-3-2-4-10-12(8)16-13(15-10)9-7-14-6-5-11(9)17/h2-7H,1H3,(H,14,17)(H,15,16). The number of rotatable bonds is 1. The van der Waals surface area contributed by atoms with E-state index in [0.29, 0.717) is 11.4 Å². The van der Waals surface area contributed by atoms with Crippen LogP contribution < -0.4 is 5.43 Å². The number of para-hydroxylation sites is 1. The van der Waals surface area contributed by atoms with Crippen molar-refractivity contribution in [2.24, 2.45) is 0 Å². The van der Waals surface area contributed by atoms with Gasteiger partial charge in [0.05, 0.1) is 16.6 Å². The Morgan fingerprint density at radius 3 is 2.88 bits per heavy atom. The van der Waals surface area contributed by atoms with E-state index < -0.39 is 0 Å². The normalized spacial score (nSPS) is 10.9. The largest absolute Gasteiger partial charge is 0.367 e. The number of fused-ring (bicyclic) bond motifs is 1. The van der Waals surface area contributed by atoms with Gasteiger partial charge in [0.15, 0.2) is 5.43 Å². The van der Waals surface area contributed by atoms with Gasteiger partial charge in [-0.2, -0.15) is 0 Å². The number of nitrogens with zero attached hydrogens (tertiary/aromatic N) is 1. The summed E-state index contributed by atoms with van der Waals surface area (Å²) < 4.78 is 0. The van der Waals surface area contributed by atoms with E-state index in [4.69, 9.17) is 0 Å². The molecule has 0 fully saturated rings. The van der Waals surface area contributed by atoms with Crippen molar-refractivity contribution in [3.05, 3.63) is 52.4 Å². The summed E-state index contributed by atoms with van der Waals surface area (Å²) in [6.07, 6.45) is 3.27. The molecule has 3 aromatic rings. The topological polar surface area (TPSA) is 61.5 Å². The van der Waals surface area contributed by atoms with Gasteiger partial charge in [-0.05, 0) is 18.6 Å². The molecule has 0 aliphatic carbocycles. The van der Waals surface area contributed by atoms with Gasteiger partial charge in [-0.3, -0.25) is 4.79 Å². The van der Waals surface area contributed by atoms with Crippen molar-refractivity contribution in [1.29, 1.82) is 0 Å². The van der Waals surface area contributed by atoms with E-state index in [1.54, 1.807) is 12.4 Å². The number of aromatic amines is 2. The molecule has 0 aliphatic rings. The summed E-state index contributed by atoms with van der Waals surface area (Å²) in [4.78, 5) is 22.2. The molecule has 0 saturated carbocycles. The molecule has 4 heteroatoms. The minimum absolute atomic E-state index is 0.0412. The zero-order valence-corrected chi connectivity index (χ0v) is 9.32. The summed E-state index contributed by atoms with van der Waals surface area (Å²) in [5.41, 5.74) is 3.47. The quantitative estimate of drug-likeness (QED) is 0.667. The van der Waals surface area contributed by atoms with Crippen molar-refractivity contribution in [1.82, 2.24) is 15.0 Å². The van der Waals surface area contributed by atoms with E-state index >= 15 is 0 Å². The zero-order valence-electron chi connectivity index (χ0n) is 9.32. The van der Waals surface area contributed by atoms with Gasteiger partial charge < -0.3 is 9.97 Å². The maximum Gasteiger partial charge on any atom is 0.192 e. The molecule has 3 rings (SSSR count). The fourth-order valence-corrected chi connectivity index (χ4v) is 1.90. The van der Waals surface area contributed by atoms with Gasteiger partial charge in [0.25, 0.3) is 0 Å². The molecule has 84 valence electrons. The number of hydrogen-bond donors (Lipinski definition) is 2. The molecule has 2 N–H and O–H groups in total. The number of hydrogen-bond acceptors (Lipinski definition) is 2. The third-order valence-electron chi connectivity index (χ3n) is 2.79. The third-order valence-corrected chi connectivity index (χ3v) is 2.79. The smallest absolute Gasteiger partial charge is 0.192 e.